The van der Waals surface area contributed by atoms with Crippen LogP contribution in [0.3, 0.4) is 0 Å². The molecule has 0 unspecified atom stereocenters. The quantitative estimate of drug-likeness (QED) is 0.722. The zero-order chi connectivity index (χ0) is 10.1. The lowest BCUT2D eigenvalue weighted by atomic mass is 10.0. The Hall–Kier alpha value is -1.77. The Morgan fingerprint density at radius 2 is 1.93 bits per heavy atom. The van der Waals surface area contributed by atoms with Crippen molar-refractivity contribution < 1.29 is 5.11 Å². The Morgan fingerprint density at radius 1 is 1.21 bits per heavy atom. The third-order valence-corrected chi connectivity index (χ3v) is 2.40. The number of nitrogens with one attached hydrogen (secondary N) is 1. The number of hydrogen-bond donors (Lipinski definition) is 2. The third-order valence-electron chi connectivity index (χ3n) is 2.40. The first kappa shape index (κ1) is 8.81. The van der Waals surface area contributed by atoms with E-state index >= 15 is 0 Å². The largest absolute Gasteiger partial charge is 0.507 e. The first-order chi connectivity index (χ1) is 6.68. The molecule has 14 heavy (non-hydrogen) atoms. The van der Waals surface area contributed by atoms with Crippen LogP contribution in [0.15, 0.2) is 24.7 Å². The molecule has 2 N–H and O–H groups in total. The molecule has 2 aromatic rings. The molecule has 0 saturated heterocycles. The highest BCUT2D eigenvalue weighted by Crippen LogP contribution is 2.29. The lowest BCUT2D eigenvalue weighted by Gasteiger charge is -2.06. The molecule has 72 valence electrons. The van der Waals surface area contributed by atoms with Gasteiger partial charge in [0.05, 0.1) is 18.2 Å². The van der Waals surface area contributed by atoms with Gasteiger partial charge < -0.3 is 10.1 Å². The predicted molar refractivity (Wildman–Crippen MR) is 55.2 cm³/mol. The van der Waals surface area contributed by atoms with E-state index in [1.165, 1.54) is 0 Å². The number of nitrogens with zero attached hydrogens (tertiary/aromatic N) is 1. The van der Waals surface area contributed by atoms with Crippen molar-refractivity contribution in [1.29, 1.82) is 0 Å². The van der Waals surface area contributed by atoms with Crippen LogP contribution in [0.2, 0.25) is 0 Å². The van der Waals surface area contributed by atoms with Gasteiger partial charge in [-0.3, -0.25) is 0 Å². The summed E-state index contributed by atoms with van der Waals surface area (Å²) >= 11 is 0. The molecule has 0 atom stereocenters. The fraction of sp³-hybridized carbons (Fsp3) is 0.182. The molecule has 0 radical (unpaired) electrons. The van der Waals surface area contributed by atoms with Crippen molar-refractivity contribution in [2.45, 2.75) is 13.8 Å². The summed E-state index contributed by atoms with van der Waals surface area (Å²) in [4.78, 5) is 6.89. The fourth-order valence-corrected chi connectivity index (χ4v) is 1.42. The molecule has 3 heteroatoms. The number of H-pyrrole nitrogens is 1. The first-order valence-electron chi connectivity index (χ1n) is 4.47. The number of aromatic amines is 1. The molecule has 1 heterocycles. The Bertz CT molecular complexity index is 447. The van der Waals surface area contributed by atoms with Crippen LogP contribution in [-0.2, 0) is 0 Å². The van der Waals surface area contributed by atoms with Crippen LogP contribution in [0.25, 0.3) is 11.3 Å². The molecular weight excluding hydrogens is 176 g/mol. The summed E-state index contributed by atoms with van der Waals surface area (Å²) in [5.41, 5.74) is 3.88. The van der Waals surface area contributed by atoms with E-state index in [9.17, 15) is 5.11 Å². The fourth-order valence-electron chi connectivity index (χ4n) is 1.42. The molecule has 0 saturated carbocycles. The van der Waals surface area contributed by atoms with E-state index in [0.29, 0.717) is 0 Å². The van der Waals surface area contributed by atoms with Gasteiger partial charge in [-0.25, -0.2) is 4.98 Å². The highest BCUT2D eigenvalue weighted by molar-refractivity contribution is 5.67. The van der Waals surface area contributed by atoms with E-state index in [1.807, 2.05) is 19.9 Å². The second-order valence-corrected chi connectivity index (χ2v) is 3.42. The summed E-state index contributed by atoms with van der Waals surface area (Å²) in [6.45, 7) is 4.00. The van der Waals surface area contributed by atoms with Crippen molar-refractivity contribution in [3.63, 3.8) is 0 Å². The molecule has 0 aliphatic rings. The second kappa shape index (κ2) is 3.18. The number of aromatic hydroxyl groups is 1. The topological polar surface area (TPSA) is 48.9 Å². The molecule has 1 aromatic carbocycles. The van der Waals surface area contributed by atoms with Crippen LogP contribution < -0.4 is 0 Å². The van der Waals surface area contributed by atoms with Gasteiger partial charge in [0.2, 0.25) is 0 Å². The number of aryl methyl sites for hydroxylation is 2. The van der Waals surface area contributed by atoms with Crippen molar-refractivity contribution in [2.24, 2.45) is 0 Å². The summed E-state index contributed by atoms with van der Waals surface area (Å²) in [6.07, 6.45) is 3.30. The minimum atomic E-state index is 0.289. The highest BCUT2D eigenvalue weighted by Gasteiger charge is 2.07. The van der Waals surface area contributed by atoms with Gasteiger partial charge in [-0.05, 0) is 37.1 Å². The lowest BCUT2D eigenvalue weighted by Crippen LogP contribution is -1.85. The van der Waals surface area contributed by atoms with Crippen LogP contribution in [0, 0.1) is 13.8 Å². The number of hydrogen-bond acceptors (Lipinski definition) is 2. The predicted octanol–water partition coefficient (Wildman–Crippen LogP) is 2.40. The monoisotopic (exact) mass is 188 g/mol. The molecule has 0 aliphatic carbocycles. The molecule has 2 rings (SSSR count). The minimum Gasteiger partial charge on any atom is -0.507 e. The SMILES string of the molecule is Cc1cc(O)c(-c2cnc[nH]2)cc1C. The molecular formula is C11H12N2O. The number of benzene rings is 1. The summed E-state index contributed by atoms with van der Waals surface area (Å²) in [7, 11) is 0. The van der Waals surface area contributed by atoms with Crippen molar-refractivity contribution >= 4 is 0 Å². The van der Waals surface area contributed by atoms with Gasteiger partial charge in [-0.15, -0.1) is 0 Å². The van der Waals surface area contributed by atoms with Crippen molar-refractivity contribution in [3.05, 3.63) is 35.8 Å². The van der Waals surface area contributed by atoms with E-state index in [4.69, 9.17) is 0 Å². The molecule has 0 fully saturated rings. The zero-order valence-electron chi connectivity index (χ0n) is 8.20. The smallest absolute Gasteiger partial charge is 0.125 e. The van der Waals surface area contributed by atoms with Crippen LogP contribution in [0.5, 0.6) is 5.75 Å². The van der Waals surface area contributed by atoms with Gasteiger partial charge in [0, 0.05) is 5.56 Å². The summed E-state index contributed by atoms with van der Waals surface area (Å²) in [5.74, 6) is 0.289. The minimum absolute atomic E-state index is 0.289. The molecule has 0 spiro atoms. The van der Waals surface area contributed by atoms with Crippen molar-refractivity contribution in [2.75, 3.05) is 0 Å². The normalized spacial score (nSPS) is 10.4. The van der Waals surface area contributed by atoms with Gasteiger partial charge in [-0.1, -0.05) is 0 Å². The summed E-state index contributed by atoms with van der Waals surface area (Å²) in [5, 5.41) is 9.74. The molecule has 1 aromatic heterocycles. The molecule has 3 nitrogen and oxygen atoms in total. The Morgan fingerprint density at radius 3 is 2.57 bits per heavy atom. The van der Waals surface area contributed by atoms with E-state index in [-0.39, 0.29) is 5.75 Å². The number of aromatic nitrogens is 2. The number of phenols is 1. The van der Waals surface area contributed by atoms with E-state index in [0.717, 1.165) is 22.4 Å². The van der Waals surface area contributed by atoms with Crippen LogP contribution >= 0.6 is 0 Å². The summed E-state index contributed by atoms with van der Waals surface area (Å²) in [6, 6.07) is 3.73. The highest BCUT2D eigenvalue weighted by atomic mass is 16.3. The van der Waals surface area contributed by atoms with E-state index in [2.05, 4.69) is 9.97 Å². The number of imidazole rings is 1. The van der Waals surface area contributed by atoms with Gasteiger partial charge in [0.25, 0.3) is 0 Å². The van der Waals surface area contributed by atoms with Crippen LogP contribution in [0.1, 0.15) is 11.1 Å². The Kier molecular flexibility index (Phi) is 2.00. The molecule has 0 aliphatic heterocycles. The average molecular weight is 188 g/mol. The van der Waals surface area contributed by atoms with Gasteiger partial charge in [0.1, 0.15) is 5.75 Å². The maximum absolute atomic E-state index is 9.74. The average Bonchev–Trinajstić information content (AvgIpc) is 2.64. The first-order valence-corrected chi connectivity index (χ1v) is 4.47. The number of rotatable bonds is 1. The molecule has 0 amide bonds. The van der Waals surface area contributed by atoms with Crippen LogP contribution in [-0.4, -0.2) is 15.1 Å². The Balaban J connectivity index is 2.60. The van der Waals surface area contributed by atoms with Gasteiger partial charge in [-0.2, -0.15) is 0 Å². The zero-order valence-corrected chi connectivity index (χ0v) is 8.20. The second-order valence-electron chi connectivity index (χ2n) is 3.42. The number of phenolic OH excluding ortho intramolecular Hbond substituents is 1. The van der Waals surface area contributed by atoms with Crippen molar-refractivity contribution in [3.8, 4) is 17.0 Å². The molecule has 0 bridgehead atoms. The van der Waals surface area contributed by atoms with Crippen LogP contribution in [0.4, 0.5) is 0 Å². The Labute approximate surface area is 82.4 Å². The maximum atomic E-state index is 9.74. The summed E-state index contributed by atoms with van der Waals surface area (Å²) < 4.78 is 0. The van der Waals surface area contributed by atoms with Crippen molar-refractivity contribution in [1.82, 2.24) is 9.97 Å². The third kappa shape index (κ3) is 1.37. The van der Waals surface area contributed by atoms with Gasteiger partial charge >= 0.3 is 0 Å². The standard InChI is InChI=1S/C11H12N2O/c1-7-3-9(10-5-12-6-13-10)11(14)4-8(7)2/h3-6,14H,1-2H3,(H,12,13). The van der Waals surface area contributed by atoms with Gasteiger partial charge in [0.15, 0.2) is 0 Å². The van der Waals surface area contributed by atoms with E-state index < -0.39 is 0 Å². The maximum Gasteiger partial charge on any atom is 0.125 e. The van der Waals surface area contributed by atoms with E-state index in [1.54, 1.807) is 18.6 Å². The lowest BCUT2D eigenvalue weighted by molar-refractivity contribution is 0.476.